The molecule has 140 valence electrons. The Morgan fingerprint density at radius 3 is 2.48 bits per heavy atom. The number of benzene rings is 1. The molecule has 1 heterocycles. The number of halogens is 2. The Labute approximate surface area is 146 Å². The minimum absolute atomic E-state index is 0.0718. The number of carbonyl (C=O) groups is 1. The SMILES string of the molecule is CC(C)(N)CNC(=O)C1CCN(S(=O)(=O)c2cc(F)ccc2F)CC1. The summed E-state index contributed by atoms with van der Waals surface area (Å²) in [7, 11) is -4.13. The van der Waals surface area contributed by atoms with Crippen molar-refractivity contribution in [1.82, 2.24) is 9.62 Å². The minimum atomic E-state index is -4.13. The fourth-order valence-electron chi connectivity index (χ4n) is 2.63. The summed E-state index contributed by atoms with van der Waals surface area (Å²) in [5, 5.41) is 2.75. The van der Waals surface area contributed by atoms with Crippen LogP contribution in [0.5, 0.6) is 0 Å². The topological polar surface area (TPSA) is 92.5 Å². The molecule has 1 aliphatic heterocycles. The molecule has 25 heavy (non-hydrogen) atoms. The van der Waals surface area contributed by atoms with E-state index in [0.717, 1.165) is 16.4 Å². The highest BCUT2D eigenvalue weighted by molar-refractivity contribution is 7.89. The Morgan fingerprint density at radius 2 is 1.92 bits per heavy atom. The number of nitrogens with two attached hydrogens (primary N) is 1. The molecule has 1 fully saturated rings. The van der Waals surface area contributed by atoms with Gasteiger partial charge in [0, 0.05) is 31.1 Å². The second-order valence-corrected chi connectivity index (χ2v) is 8.87. The Bertz CT molecular complexity index is 739. The first-order valence-electron chi connectivity index (χ1n) is 8.02. The molecule has 3 N–H and O–H groups in total. The molecule has 1 aromatic rings. The first-order chi connectivity index (χ1) is 11.5. The second-order valence-electron chi connectivity index (χ2n) is 6.96. The zero-order valence-corrected chi connectivity index (χ0v) is 15.1. The number of carbonyl (C=O) groups excluding carboxylic acids is 1. The Balaban J connectivity index is 2.02. The highest BCUT2D eigenvalue weighted by atomic mass is 32.2. The van der Waals surface area contributed by atoms with Crippen molar-refractivity contribution in [3.8, 4) is 0 Å². The van der Waals surface area contributed by atoms with E-state index in [0.29, 0.717) is 25.5 Å². The van der Waals surface area contributed by atoms with Gasteiger partial charge >= 0.3 is 0 Å². The lowest BCUT2D eigenvalue weighted by molar-refractivity contribution is -0.126. The van der Waals surface area contributed by atoms with Gasteiger partial charge in [-0.25, -0.2) is 17.2 Å². The Hall–Kier alpha value is -1.58. The molecule has 0 atom stereocenters. The number of rotatable bonds is 5. The smallest absolute Gasteiger partial charge is 0.246 e. The van der Waals surface area contributed by atoms with Gasteiger partial charge in [0.1, 0.15) is 16.5 Å². The molecule has 6 nitrogen and oxygen atoms in total. The summed E-state index contributed by atoms with van der Waals surface area (Å²) < 4.78 is 53.1. The molecular weight excluding hydrogens is 352 g/mol. The van der Waals surface area contributed by atoms with E-state index in [1.165, 1.54) is 0 Å². The molecule has 0 spiro atoms. The summed E-state index contributed by atoms with van der Waals surface area (Å²) in [6.45, 7) is 4.04. The van der Waals surface area contributed by atoms with Crippen molar-refractivity contribution in [3.05, 3.63) is 29.8 Å². The molecule has 1 amide bonds. The van der Waals surface area contributed by atoms with E-state index in [2.05, 4.69) is 5.32 Å². The summed E-state index contributed by atoms with van der Waals surface area (Å²) in [6.07, 6.45) is 0.625. The van der Waals surface area contributed by atoms with Crippen molar-refractivity contribution in [2.24, 2.45) is 11.7 Å². The van der Waals surface area contributed by atoms with Crippen molar-refractivity contribution in [2.45, 2.75) is 37.1 Å². The third-order valence-electron chi connectivity index (χ3n) is 4.05. The Morgan fingerprint density at radius 1 is 1.32 bits per heavy atom. The number of hydrogen-bond acceptors (Lipinski definition) is 4. The predicted molar refractivity (Wildman–Crippen MR) is 89.1 cm³/mol. The molecule has 1 aromatic carbocycles. The van der Waals surface area contributed by atoms with Gasteiger partial charge in [0.15, 0.2) is 0 Å². The van der Waals surface area contributed by atoms with E-state index in [-0.39, 0.29) is 24.9 Å². The quantitative estimate of drug-likeness (QED) is 0.809. The first-order valence-corrected chi connectivity index (χ1v) is 9.46. The van der Waals surface area contributed by atoms with Crippen LogP contribution in [0.4, 0.5) is 8.78 Å². The number of nitrogens with one attached hydrogen (secondary N) is 1. The van der Waals surface area contributed by atoms with E-state index in [4.69, 9.17) is 5.73 Å². The largest absolute Gasteiger partial charge is 0.354 e. The van der Waals surface area contributed by atoms with Gasteiger partial charge in [-0.1, -0.05) is 0 Å². The van der Waals surface area contributed by atoms with Crippen molar-refractivity contribution in [3.63, 3.8) is 0 Å². The Kier molecular flexibility index (Phi) is 5.80. The van der Waals surface area contributed by atoms with Gasteiger partial charge in [0.25, 0.3) is 0 Å². The summed E-state index contributed by atoms with van der Waals surface area (Å²) >= 11 is 0. The summed E-state index contributed by atoms with van der Waals surface area (Å²) in [5.74, 6) is -2.32. The van der Waals surface area contributed by atoms with Crippen LogP contribution in [0.1, 0.15) is 26.7 Å². The maximum Gasteiger partial charge on any atom is 0.246 e. The van der Waals surface area contributed by atoms with Crippen molar-refractivity contribution in [2.75, 3.05) is 19.6 Å². The van der Waals surface area contributed by atoms with Crippen molar-refractivity contribution in [1.29, 1.82) is 0 Å². The monoisotopic (exact) mass is 375 g/mol. The molecular formula is C16H23F2N3O3S. The summed E-state index contributed by atoms with van der Waals surface area (Å²) in [6, 6.07) is 2.33. The second kappa shape index (κ2) is 7.35. The summed E-state index contributed by atoms with van der Waals surface area (Å²) in [5.41, 5.74) is 5.28. The maximum absolute atomic E-state index is 13.8. The predicted octanol–water partition coefficient (Wildman–Crippen LogP) is 1.22. The van der Waals surface area contributed by atoms with Crippen LogP contribution in [0.15, 0.2) is 23.1 Å². The number of hydrogen-bond donors (Lipinski definition) is 2. The first kappa shape index (κ1) is 19.7. The third kappa shape index (κ3) is 4.96. The molecule has 2 rings (SSSR count). The van der Waals surface area contributed by atoms with E-state index >= 15 is 0 Å². The lowest BCUT2D eigenvalue weighted by Gasteiger charge is -2.31. The average Bonchev–Trinajstić information content (AvgIpc) is 2.54. The van der Waals surface area contributed by atoms with Crippen LogP contribution in [0.2, 0.25) is 0 Å². The van der Waals surface area contributed by atoms with Crippen LogP contribution in [-0.4, -0.2) is 43.8 Å². The highest BCUT2D eigenvalue weighted by Crippen LogP contribution is 2.26. The van der Waals surface area contributed by atoms with Gasteiger partial charge in [-0.15, -0.1) is 0 Å². The normalized spacial score (nSPS) is 17.5. The fourth-order valence-corrected chi connectivity index (χ4v) is 4.18. The van der Waals surface area contributed by atoms with Gasteiger partial charge in [-0.2, -0.15) is 4.31 Å². The van der Waals surface area contributed by atoms with Crippen LogP contribution in [-0.2, 0) is 14.8 Å². The number of sulfonamides is 1. The number of nitrogens with zero attached hydrogens (tertiary/aromatic N) is 1. The summed E-state index contributed by atoms with van der Waals surface area (Å²) in [4.78, 5) is 11.4. The molecule has 0 unspecified atom stereocenters. The fraction of sp³-hybridized carbons (Fsp3) is 0.562. The van der Waals surface area contributed by atoms with Crippen molar-refractivity contribution >= 4 is 15.9 Å². The van der Waals surface area contributed by atoms with Crippen molar-refractivity contribution < 1.29 is 22.0 Å². The molecule has 1 saturated heterocycles. The highest BCUT2D eigenvalue weighted by Gasteiger charge is 2.34. The van der Waals surface area contributed by atoms with Gasteiger partial charge in [0.05, 0.1) is 0 Å². The van der Waals surface area contributed by atoms with Gasteiger partial charge in [0.2, 0.25) is 15.9 Å². The third-order valence-corrected chi connectivity index (χ3v) is 5.97. The lowest BCUT2D eigenvalue weighted by atomic mass is 9.96. The standard InChI is InChI=1S/C16H23F2N3O3S/c1-16(2,19)10-20-15(22)11-5-7-21(8-6-11)25(23,24)14-9-12(17)3-4-13(14)18/h3-4,9,11H,5-8,10,19H2,1-2H3,(H,20,22). The lowest BCUT2D eigenvalue weighted by Crippen LogP contribution is -2.48. The van der Waals surface area contributed by atoms with Crippen LogP contribution in [0, 0.1) is 17.6 Å². The molecule has 1 aliphatic rings. The van der Waals surface area contributed by atoms with Gasteiger partial charge < -0.3 is 11.1 Å². The van der Waals surface area contributed by atoms with E-state index in [1.807, 2.05) is 0 Å². The van der Waals surface area contributed by atoms with Crippen LogP contribution in [0.3, 0.4) is 0 Å². The van der Waals surface area contributed by atoms with Gasteiger partial charge in [-0.3, -0.25) is 4.79 Å². The van der Waals surface area contributed by atoms with E-state index in [1.54, 1.807) is 13.8 Å². The average molecular weight is 375 g/mol. The molecule has 0 radical (unpaired) electrons. The number of amides is 1. The minimum Gasteiger partial charge on any atom is -0.354 e. The zero-order chi connectivity index (χ0) is 18.8. The molecule has 0 saturated carbocycles. The zero-order valence-electron chi connectivity index (χ0n) is 14.3. The van der Waals surface area contributed by atoms with E-state index in [9.17, 15) is 22.0 Å². The number of piperidine rings is 1. The molecule has 0 aromatic heterocycles. The molecule has 0 aliphatic carbocycles. The van der Waals surface area contributed by atoms with Gasteiger partial charge in [-0.05, 0) is 44.9 Å². The van der Waals surface area contributed by atoms with Crippen LogP contribution < -0.4 is 11.1 Å². The van der Waals surface area contributed by atoms with Crippen LogP contribution in [0.25, 0.3) is 0 Å². The molecule has 0 bridgehead atoms. The maximum atomic E-state index is 13.8. The van der Waals surface area contributed by atoms with Crippen LogP contribution >= 0.6 is 0 Å². The van der Waals surface area contributed by atoms with E-state index < -0.39 is 32.1 Å². The molecule has 9 heteroatoms.